The second-order valence-corrected chi connectivity index (χ2v) is 7.85. The molecule has 0 radical (unpaired) electrons. The molecule has 1 rings (SSSR count). The fourth-order valence-electron chi connectivity index (χ4n) is 1.97. The van der Waals surface area contributed by atoms with E-state index in [2.05, 4.69) is 55.3 Å². The lowest BCUT2D eigenvalue weighted by Gasteiger charge is -2.22. The van der Waals surface area contributed by atoms with Gasteiger partial charge >= 0.3 is 0 Å². The molecule has 1 heterocycles. The summed E-state index contributed by atoms with van der Waals surface area (Å²) in [6.45, 7) is 13.3. The van der Waals surface area contributed by atoms with E-state index < -0.39 is 0 Å². The van der Waals surface area contributed by atoms with Gasteiger partial charge in [-0.2, -0.15) is 0 Å². The van der Waals surface area contributed by atoms with Crippen LogP contribution in [0.3, 0.4) is 0 Å². The Kier molecular flexibility index (Phi) is 7.99. The number of nitrogens with zero attached hydrogens (tertiary/aromatic N) is 3. The number of ether oxygens (including phenoxy) is 1. The number of hydrogen-bond donors (Lipinski definition) is 1. The van der Waals surface area contributed by atoms with E-state index in [0.717, 1.165) is 42.7 Å². The normalized spacial score (nSPS) is 14.0. The third-order valence-electron chi connectivity index (χ3n) is 3.49. The fraction of sp³-hybridized carbons (Fsp3) is 0.765. The van der Waals surface area contributed by atoms with Crippen LogP contribution in [0.2, 0.25) is 0 Å². The molecular formula is C17H32N4OS. The molecule has 5 nitrogen and oxygen atoms in total. The van der Waals surface area contributed by atoms with Gasteiger partial charge in [-0.05, 0) is 25.7 Å². The summed E-state index contributed by atoms with van der Waals surface area (Å²) >= 11 is 1.65. The predicted molar refractivity (Wildman–Crippen MR) is 99.1 cm³/mol. The summed E-state index contributed by atoms with van der Waals surface area (Å²) in [5.74, 6) is 0.936. The number of methoxy groups -OCH3 is 1. The smallest absolute Gasteiger partial charge is 0.194 e. The third-order valence-corrected chi connectivity index (χ3v) is 4.54. The molecule has 0 saturated heterocycles. The van der Waals surface area contributed by atoms with Crippen molar-refractivity contribution in [1.29, 1.82) is 0 Å². The van der Waals surface area contributed by atoms with Crippen LogP contribution in [0, 0.1) is 5.41 Å². The van der Waals surface area contributed by atoms with Crippen LogP contribution < -0.4 is 5.32 Å². The van der Waals surface area contributed by atoms with Gasteiger partial charge in [0.25, 0.3) is 0 Å². The lowest BCUT2D eigenvalue weighted by Crippen LogP contribution is -2.38. The topological polar surface area (TPSA) is 49.8 Å². The highest BCUT2D eigenvalue weighted by atomic mass is 32.1. The molecule has 132 valence electrons. The van der Waals surface area contributed by atoms with Crippen molar-refractivity contribution >= 4 is 17.3 Å². The van der Waals surface area contributed by atoms with Crippen LogP contribution in [-0.4, -0.2) is 43.1 Å². The first-order valence-corrected chi connectivity index (χ1v) is 9.11. The molecule has 1 unspecified atom stereocenters. The number of guanidine groups is 1. The number of nitrogens with one attached hydrogen (secondary N) is 1. The largest absolute Gasteiger partial charge is 0.375 e. The van der Waals surface area contributed by atoms with Crippen molar-refractivity contribution in [2.24, 2.45) is 10.4 Å². The van der Waals surface area contributed by atoms with Gasteiger partial charge in [0.2, 0.25) is 0 Å². The predicted octanol–water partition coefficient (Wildman–Crippen LogP) is 3.68. The van der Waals surface area contributed by atoms with E-state index in [-0.39, 0.29) is 6.10 Å². The van der Waals surface area contributed by atoms with E-state index in [9.17, 15) is 0 Å². The van der Waals surface area contributed by atoms with Crippen molar-refractivity contribution in [2.45, 2.75) is 53.7 Å². The van der Waals surface area contributed by atoms with Crippen molar-refractivity contribution in [3.8, 4) is 0 Å². The molecule has 0 aromatic carbocycles. The Morgan fingerprint density at radius 3 is 2.74 bits per heavy atom. The molecule has 0 aliphatic carbocycles. The Hall–Kier alpha value is -1.14. The second-order valence-electron chi connectivity index (χ2n) is 6.96. The van der Waals surface area contributed by atoms with E-state index >= 15 is 0 Å². The first-order valence-electron chi connectivity index (χ1n) is 8.23. The molecule has 0 fully saturated rings. The molecule has 1 atom stereocenters. The highest BCUT2D eigenvalue weighted by Gasteiger charge is 2.13. The molecule has 0 spiro atoms. The van der Waals surface area contributed by atoms with E-state index in [0.29, 0.717) is 5.41 Å². The Labute approximate surface area is 145 Å². The Morgan fingerprint density at radius 2 is 2.17 bits per heavy atom. The Morgan fingerprint density at radius 1 is 1.48 bits per heavy atom. The van der Waals surface area contributed by atoms with E-state index in [4.69, 9.17) is 9.73 Å². The zero-order valence-electron chi connectivity index (χ0n) is 15.6. The lowest BCUT2D eigenvalue weighted by molar-refractivity contribution is 0.119. The van der Waals surface area contributed by atoms with Crippen LogP contribution in [0.4, 0.5) is 0 Å². The van der Waals surface area contributed by atoms with Gasteiger partial charge in [-0.3, -0.25) is 4.99 Å². The summed E-state index contributed by atoms with van der Waals surface area (Å²) in [6, 6.07) is 0. The van der Waals surface area contributed by atoms with Crippen molar-refractivity contribution in [3.05, 3.63) is 16.1 Å². The zero-order valence-corrected chi connectivity index (χ0v) is 16.5. The van der Waals surface area contributed by atoms with Gasteiger partial charge in [0.15, 0.2) is 5.96 Å². The highest BCUT2D eigenvalue weighted by molar-refractivity contribution is 7.09. The monoisotopic (exact) mass is 340 g/mol. The van der Waals surface area contributed by atoms with Crippen LogP contribution in [0.1, 0.15) is 57.8 Å². The van der Waals surface area contributed by atoms with Gasteiger partial charge in [-0.25, -0.2) is 4.98 Å². The molecule has 0 amide bonds. The van der Waals surface area contributed by atoms with Crippen LogP contribution in [0.5, 0.6) is 0 Å². The van der Waals surface area contributed by atoms with Gasteiger partial charge in [0.05, 0.1) is 12.2 Å². The van der Waals surface area contributed by atoms with Crippen molar-refractivity contribution in [2.75, 3.05) is 27.2 Å². The molecule has 6 heteroatoms. The molecule has 23 heavy (non-hydrogen) atoms. The fourth-order valence-corrected chi connectivity index (χ4v) is 2.81. The van der Waals surface area contributed by atoms with E-state index in [1.165, 1.54) is 0 Å². The molecule has 1 N–H and O–H groups in total. The average molecular weight is 341 g/mol. The van der Waals surface area contributed by atoms with E-state index in [1.807, 2.05) is 6.92 Å². The van der Waals surface area contributed by atoms with Crippen LogP contribution in [0.25, 0.3) is 0 Å². The minimum Gasteiger partial charge on any atom is -0.375 e. The summed E-state index contributed by atoms with van der Waals surface area (Å²) in [4.78, 5) is 11.5. The quantitative estimate of drug-likeness (QED) is 0.607. The standard InChI is InChI=1S/C17H32N4OS/c1-8-18-16(19-10-9-17(3,4)5)21(6)11-14-12-23-15(20-14)13(2)22-7/h12-13H,8-11H2,1-7H3,(H,18,19). The van der Waals surface area contributed by atoms with Crippen molar-refractivity contribution in [1.82, 2.24) is 15.2 Å². The van der Waals surface area contributed by atoms with Crippen molar-refractivity contribution < 1.29 is 4.74 Å². The van der Waals surface area contributed by atoms with Gasteiger partial charge in [-0.15, -0.1) is 11.3 Å². The second kappa shape index (κ2) is 9.23. The maximum atomic E-state index is 5.32. The molecule has 0 saturated carbocycles. The zero-order chi connectivity index (χ0) is 17.5. The Bertz CT molecular complexity index is 493. The summed E-state index contributed by atoms with van der Waals surface area (Å²) < 4.78 is 5.32. The SMILES string of the molecule is CCNC(=NCCC(C)(C)C)N(C)Cc1csc(C(C)OC)n1. The third kappa shape index (κ3) is 7.31. The maximum absolute atomic E-state index is 5.32. The number of thiazole rings is 1. The lowest BCUT2D eigenvalue weighted by atomic mass is 9.92. The van der Waals surface area contributed by atoms with Gasteiger partial charge in [0.1, 0.15) is 11.1 Å². The van der Waals surface area contributed by atoms with Gasteiger partial charge in [-0.1, -0.05) is 20.8 Å². The Balaban J connectivity index is 2.68. The first kappa shape index (κ1) is 19.9. The van der Waals surface area contributed by atoms with Crippen molar-refractivity contribution in [3.63, 3.8) is 0 Å². The summed E-state index contributed by atoms with van der Waals surface area (Å²) in [6.07, 6.45) is 1.12. The summed E-state index contributed by atoms with van der Waals surface area (Å²) in [5, 5.41) is 6.47. The van der Waals surface area contributed by atoms with Crippen LogP contribution in [0.15, 0.2) is 10.4 Å². The minimum absolute atomic E-state index is 0.0488. The number of aliphatic imine (C=N–C) groups is 1. The molecule has 0 bridgehead atoms. The first-order chi connectivity index (χ1) is 10.8. The van der Waals surface area contributed by atoms with E-state index in [1.54, 1.807) is 18.4 Å². The van der Waals surface area contributed by atoms with Gasteiger partial charge < -0.3 is 15.0 Å². The van der Waals surface area contributed by atoms with Crippen LogP contribution in [-0.2, 0) is 11.3 Å². The maximum Gasteiger partial charge on any atom is 0.194 e. The number of rotatable bonds is 7. The molecule has 0 aliphatic rings. The summed E-state index contributed by atoms with van der Waals surface area (Å²) in [5.41, 5.74) is 1.36. The molecule has 1 aromatic rings. The summed E-state index contributed by atoms with van der Waals surface area (Å²) in [7, 11) is 3.76. The number of hydrogen-bond acceptors (Lipinski definition) is 4. The number of aromatic nitrogens is 1. The van der Waals surface area contributed by atoms with Crippen LogP contribution >= 0.6 is 11.3 Å². The molecule has 1 aromatic heterocycles. The van der Waals surface area contributed by atoms with Gasteiger partial charge in [0, 0.05) is 32.6 Å². The highest BCUT2D eigenvalue weighted by Crippen LogP contribution is 2.21. The molecule has 0 aliphatic heterocycles. The average Bonchev–Trinajstić information content (AvgIpc) is 2.92. The molecular weight excluding hydrogens is 308 g/mol. The minimum atomic E-state index is 0.0488.